The van der Waals surface area contributed by atoms with Crippen LogP contribution in [-0.2, 0) is 7.86 Å². The van der Waals surface area contributed by atoms with Crippen LogP contribution in [0.3, 0.4) is 0 Å². The van der Waals surface area contributed by atoms with E-state index >= 15 is 0 Å². The molecule has 1 atom stereocenters. The second kappa shape index (κ2) is 8.96. The zero-order valence-electron chi connectivity index (χ0n) is 17.0. The van der Waals surface area contributed by atoms with Crippen LogP contribution >= 0.6 is 34.6 Å². The maximum absolute atomic E-state index is 12.1. The average Bonchev–Trinajstić information content (AvgIpc) is 3.60. The minimum atomic E-state index is -0.183. The molecule has 0 amide bonds. The second-order valence-electron chi connectivity index (χ2n) is 8.34. The normalized spacial score (nSPS) is 20.8. The molecule has 2 heterocycles. The van der Waals surface area contributed by atoms with Gasteiger partial charge in [0.25, 0.3) is 0 Å². The number of benzene rings is 2. The first-order valence-electron chi connectivity index (χ1n) is 10.6. The molecule has 0 N–H and O–H groups in total. The third-order valence-electron chi connectivity index (χ3n) is 6.08. The number of hydrogen-bond acceptors (Lipinski definition) is 6. The fourth-order valence-electron chi connectivity index (χ4n) is 4.31. The third kappa shape index (κ3) is 4.68. The quantitative estimate of drug-likeness (QED) is 0.489. The summed E-state index contributed by atoms with van der Waals surface area (Å²) in [7, 11) is 0. The lowest BCUT2D eigenvalue weighted by Crippen LogP contribution is -2.55. The number of rotatable bonds is 4. The number of aliphatic imine (C=N–C) groups is 1. The Morgan fingerprint density at radius 2 is 2.03 bits per heavy atom. The van der Waals surface area contributed by atoms with E-state index in [0.29, 0.717) is 29.4 Å². The number of hydrogen-bond donors (Lipinski definition) is 0. The third-order valence-corrected chi connectivity index (χ3v) is 6.80. The van der Waals surface area contributed by atoms with Crippen molar-refractivity contribution in [2.75, 3.05) is 26.2 Å². The number of carbonyl (C=O) groups excluding carboxylic acids is 1. The van der Waals surface area contributed by atoms with E-state index in [9.17, 15) is 4.79 Å². The van der Waals surface area contributed by atoms with Crippen LogP contribution < -0.4 is 4.74 Å². The number of para-hydroxylation sites is 1. The summed E-state index contributed by atoms with van der Waals surface area (Å²) >= 11 is 7.92. The summed E-state index contributed by atoms with van der Waals surface area (Å²) in [4.78, 5) is 21.8. The van der Waals surface area contributed by atoms with E-state index in [0.717, 1.165) is 42.7 Å². The van der Waals surface area contributed by atoms with Crippen LogP contribution in [0.5, 0.6) is 11.5 Å². The topological polar surface area (TPSA) is 54.4 Å². The van der Waals surface area contributed by atoms with E-state index < -0.39 is 0 Å². The highest BCUT2D eigenvalue weighted by Crippen LogP contribution is 2.40. The molecule has 2 aliphatic heterocycles. The Morgan fingerprint density at radius 1 is 1.19 bits per heavy atom. The number of fused-ring (bicyclic) bond motifs is 2. The van der Waals surface area contributed by atoms with Gasteiger partial charge in [-0.15, -0.1) is 0 Å². The van der Waals surface area contributed by atoms with Gasteiger partial charge in [-0.3, -0.25) is 9.69 Å². The van der Waals surface area contributed by atoms with Crippen LogP contribution in [0.25, 0.3) is 0 Å². The first kappa shape index (κ1) is 21.0. The number of nitrogens with zero attached hydrogens (tertiary/aromatic N) is 3. The van der Waals surface area contributed by atoms with Crippen molar-refractivity contribution < 1.29 is 12.6 Å². The summed E-state index contributed by atoms with van der Waals surface area (Å²) in [5, 5.41) is 0.619. The number of amidine groups is 1. The summed E-state index contributed by atoms with van der Waals surface area (Å²) in [5.41, 5.74) is 1.66. The molecule has 162 valence electrons. The van der Waals surface area contributed by atoms with Crippen molar-refractivity contribution in [1.82, 2.24) is 9.80 Å². The van der Waals surface area contributed by atoms with Crippen LogP contribution in [-0.4, -0.2) is 53.8 Å². The smallest absolute Gasteiger partial charge is 0.316 e. The van der Waals surface area contributed by atoms with Gasteiger partial charge in [-0.2, -0.15) is 0 Å². The Balaban J connectivity index is 1.49. The van der Waals surface area contributed by atoms with Gasteiger partial charge in [0, 0.05) is 37.2 Å². The van der Waals surface area contributed by atoms with Crippen molar-refractivity contribution in [1.29, 1.82) is 0 Å². The number of halogens is 2. The molecule has 2 fully saturated rings. The van der Waals surface area contributed by atoms with Crippen molar-refractivity contribution in [3.63, 3.8) is 0 Å². The van der Waals surface area contributed by atoms with Crippen molar-refractivity contribution in [3.8, 4) is 11.5 Å². The highest BCUT2D eigenvalue weighted by atomic mass is 127. The fourth-order valence-corrected chi connectivity index (χ4v) is 4.66. The van der Waals surface area contributed by atoms with E-state index in [1.807, 2.05) is 42.5 Å². The van der Waals surface area contributed by atoms with E-state index in [1.165, 1.54) is 12.8 Å². The van der Waals surface area contributed by atoms with Crippen LogP contribution in [0, 0.1) is 5.92 Å². The van der Waals surface area contributed by atoms with Crippen molar-refractivity contribution in [3.05, 3.63) is 53.1 Å². The van der Waals surface area contributed by atoms with Crippen molar-refractivity contribution in [2.24, 2.45) is 10.9 Å². The number of carbonyl (C=O) groups is 1. The molecular formula is C23H23ClIN3O3. The molecule has 31 heavy (non-hydrogen) atoms. The molecule has 0 unspecified atom stereocenters. The summed E-state index contributed by atoms with van der Waals surface area (Å²) in [6, 6.07) is 13.5. The standard InChI is InChI=1S/C23H23ClIN3O3/c24-16-7-8-21-19(11-16)26-23(18-3-1-2-4-20(18)30-21)28-10-9-27(13-15-5-6-15)17(14-28)12-22(29)31-25/h1-4,7-8,11,15,17H,5-6,9-10,12-14H2/t17-/m0/s1. The van der Waals surface area contributed by atoms with E-state index in [2.05, 4.69) is 9.80 Å². The van der Waals surface area contributed by atoms with Crippen molar-refractivity contribution in [2.45, 2.75) is 25.3 Å². The van der Waals surface area contributed by atoms with Crippen LogP contribution in [0.2, 0.25) is 5.02 Å². The van der Waals surface area contributed by atoms with Crippen LogP contribution in [0.4, 0.5) is 5.69 Å². The predicted molar refractivity (Wildman–Crippen MR) is 129 cm³/mol. The Kier molecular flexibility index (Phi) is 6.08. The molecular weight excluding hydrogens is 529 g/mol. The Morgan fingerprint density at radius 3 is 2.84 bits per heavy atom. The zero-order valence-corrected chi connectivity index (χ0v) is 19.9. The maximum atomic E-state index is 12.1. The van der Waals surface area contributed by atoms with E-state index in [1.54, 1.807) is 23.0 Å². The minimum absolute atomic E-state index is 0.0921. The van der Waals surface area contributed by atoms with Crippen LogP contribution in [0.1, 0.15) is 24.8 Å². The van der Waals surface area contributed by atoms with Gasteiger partial charge in [0.1, 0.15) is 17.3 Å². The molecule has 2 aromatic rings. The SMILES string of the molecule is O=C(C[C@H]1CN(C2=Nc3cc(Cl)ccc3Oc3ccccc32)CCN1CC1CC1)OI. The molecule has 1 aliphatic carbocycles. The molecule has 5 rings (SSSR count). The molecule has 1 saturated heterocycles. The van der Waals surface area contributed by atoms with Gasteiger partial charge in [0.2, 0.25) is 0 Å². The molecule has 2 aromatic carbocycles. The Hall–Kier alpha value is -1.84. The predicted octanol–water partition coefficient (Wildman–Crippen LogP) is 5.20. The first-order valence-corrected chi connectivity index (χ1v) is 11.8. The lowest BCUT2D eigenvalue weighted by atomic mass is 10.1. The lowest BCUT2D eigenvalue weighted by molar-refractivity contribution is -0.133. The molecule has 0 aromatic heterocycles. The van der Waals surface area contributed by atoms with E-state index in [-0.39, 0.29) is 12.0 Å². The summed E-state index contributed by atoms with van der Waals surface area (Å²) in [6.45, 7) is 3.49. The highest BCUT2D eigenvalue weighted by molar-refractivity contribution is 14.1. The van der Waals surface area contributed by atoms with Gasteiger partial charge >= 0.3 is 5.97 Å². The van der Waals surface area contributed by atoms with Crippen molar-refractivity contribution >= 4 is 52.1 Å². The summed E-state index contributed by atoms with van der Waals surface area (Å²) in [5.74, 6) is 2.89. The second-order valence-corrected chi connectivity index (χ2v) is 9.21. The van der Waals surface area contributed by atoms with Crippen LogP contribution in [0.15, 0.2) is 47.5 Å². The van der Waals surface area contributed by atoms with Gasteiger partial charge in [0.05, 0.1) is 12.0 Å². The largest absolute Gasteiger partial charge is 0.454 e. The van der Waals surface area contributed by atoms with Gasteiger partial charge < -0.3 is 12.7 Å². The lowest BCUT2D eigenvalue weighted by Gasteiger charge is -2.42. The maximum Gasteiger partial charge on any atom is 0.316 e. The van der Waals surface area contributed by atoms with Gasteiger partial charge in [-0.05, 0) is 49.1 Å². The highest BCUT2D eigenvalue weighted by Gasteiger charge is 2.35. The molecule has 0 spiro atoms. The van der Waals surface area contributed by atoms with Gasteiger partial charge in [0.15, 0.2) is 28.8 Å². The molecule has 1 saturated carbocycles. The Bertz CT molecular complexity index is 1030. The van der Waals surface area contributed by atoms with Gasteiger partial charge in [-0.25, -0.2) is 4.99 Å². The zero-order chi connectivity index (χ0) is 21.4. The molecule has 6 nitrogen and oxygen atoms in total. The summed E-state index contributed by atoms with van der Waals surface area (Å²) < 4.78 is 11.1. The minimum Gasteiger partial charge on any atom is -0.454 e. The number of piperazine rings is 1. The Labute approximate surface area is 200 Å². The molecule has 8 heteroatoms. The average molecular weight is 552 g/mol. The molecule has 3 aliphatic rings. The molecule has 0 radical (unpaired) electrons. The first-order chi connectivity index (χ1) is 15.1. The summed E-state index contributed by atoms with van der Waals surface area (Å²) in [6.07, 6.45) is 2.96. The fraction of sp³-hybridized carbons (Fsp3) is 0.391. The monoisotopic (exact) mass is 551 g/mol. The van der Waals surface area contributed by atoms with Gasteiger partial charge in [-0.1, -0.05) is 23.7 Å². The molecule has 0 bridgehead atoms. The van der Waals surface area contributed by atoms with E-state index in [4.69, 9.17) is 24.4 Å². The number of ether oxygens (including phenoxy) is 1.